The quantitative estimate of drug-likeness (QED) is 0.725. The molecule has 2 heterocycles. The summed E-state index contributed by atoms with van der Waals surface area (Å²) in [6, 6.07) is 11.7. The number of rotatable bonds is 5. The molecule has 4 nitrogen and oxygen atoms in total. The third-order valence-electron chi connectivity index (χ3n) is 3.15. The second-order valence-electron chi connectivity index (χ2n) is 4.83. The van der Waals surface area contributed by atoms with Crippen molar-refractivity contribution in [3.63, 3.8) is 0 Å². The molecule has 1 aromatic carbocycles. The van der Waals surface area contributed by atoms with E-state index in [1.54, 1.807) is 46.5 Å². The Kier molecular flexibility index (Phi) is 4.63. The lowest BCUT2D eigenvalue weighted by molar-refractivity contribution is -0.111. The highest BCUT2D eigenvalue weighted by Gasteiger charge is 2.06. The van der Waals surface area contributed by atoms with E-state index in [0.29, 0.717) is 12.4 Å². The molecule has 0 saturated carbocycles. The van der Waals surface area contributed by atoms with Gasteiger partial charge in [-0.2, -0.15) is 5.10 Å². The average molecular weight is 327 g/mol. The topological polar surface area (TPSA) is 46.9 Å². The van der Waals surface area contributed by atoms with Gasteiger partial charge in [0.2, 0.25) is 5.91 Å². The molecule has 0 aliphatic heterocycles. The van der Waals surface area contributed by atoms with Gasteiger partial charge in [0.1, 0.15) is 11.6 Å². The third kappa shape index (κ3) is 4.14. The fourth-order valence-electron chi connectivity index (χ4n) is 2.03. The predicted octanol–water partition coefficient (Wildman–Crippen LogP) is 3.78. The minimum Gasteiger partial charge on any atom is -0.307 e. The Balaban J connectivity index is 1.64. The lowest BCUT2D eigenvalue weighted by Gasteiger charge is -2.06. The number of nitrogens with zero attached hydrogens (tertiary/aromatic N) is 2. The standard InChI is InChI=1S/C17H14FN3OS/c18-14-6-3-13(4-7-14)5-8-17(22)20-16-9-10-19-21(16)12-15-2-1-11-23-15/h1-11H,12H2,(H,20,22). The van der Waals surface area contributed by atoms with Crippen LogP contribution in [0.4, 0.5) is 10.2 Å². The number of carbonyl (C=O) groups is 1. The molecule has 0 saturated heterocycles. The number of anilines is 1. The van der Waals surface area contributed by atoms with Crippen molar-refractivity contribution in [1.29, 1.82) is 0 Å². The maximum atomic E-state index is 12.8. The molecule has 0 spiro atoms. The first kappa shape index (κ1) is 15.2. The molecule has 0 radical (unpaired) electrons. The van der Waals surface area contributed by atoms with Crippen LogP contribution in [0.3, 0.4) is 0 Å². The summed E-state index contributed by atoms with van der Waals surface area (Å²) in [6.07, 6.45) is 4.69. The summed E-state index contributed by atoms with van der Waals surface area (Å²) in [6.45, 7) is 0.613. The number of benzene rings is 1. The molecular weight excluding hydrogens is 313 g/mol. The van der Waals surface area contributed by atoms with Crippen molar-refractivity contribution in [2.24, 2.45) is 0 Å². The van der Waals surface area contributed by atoms with Gasteiger partial charge in [-0.1, -0.05) is 18.2 Å². The number of thiophene rings is 1. The van der Waals surface area contributed by atoms with Gasteiger partial charge >= 0.3 is 0 Å². The molecular formula is C17H14FN3OS. The van der Waals surface area contributed by atoms with E-state index in [0.717, 1.165) is 10.4 Å². The van der Waals surface area contributed by atoms with Crippen molar-refractivity contribution in [2.45, 2.75) is 6.54 Å². The van der Waals surface area contributed by atoms with E-state index in [2.05, 4.69) is 10.4 Å². The molecule has 0 atom stereocenters. The summed E-state index contributed by atoms with van der Waals surface area (Å²) in [5.74, 6) is 0.0680. The van der Waals surface area contributed by atoms with Crippen LogP contribution in [0.5, 0.6) is 0 Å². The van der Waals surface area contributed by atoms with Gasteiger partial charge < -0.3 is 5.32 Å². The van der Waals surface area contributed by atoms with Gasteiger partial charge in [0, 0.05) is 17.0 Å². The van der Waals surface area contributed by atoms with Crippen molar-refractivity contribution < 1.29 is 9.18 Å². The highest BCUT2D eigenvalue weighted by Crippen LogP contribution is 2.14. The Morgan fingerprint density at radius 2 is 2.09 bits per heavy atom. The largest absolute Gasteiger partial charge is 0.307 e. The van der Waals surface area contributed by atoms with E-state index < -0.39 is 0 Å². The average Bonchev–Trinajstić information content (AvgIpc) is 3.20. The summed E-state index contributed by atoms with van der Waals surface area (Å²) in [4.78, 5) is 13.2. The van der Waals surface area contributed by atoms with Gasteiger partial charge in [0.05, 0.1) is 12.7 Å². The van der Waals surface area contributed by atoms with E-state index >= 15 is 0 Å². The molecule has 23 heavy (non-hydrogen) atoms. The Morgan fingerprint density at radius 1 is 1.26 bits per heavy atom. The van der Waals surface area contributed by atoms with E-state index in [1.165, 1.54) is 18.2 Å². The number of aromatic nitrogens is 2. The fourth-order valence-corrected chi connectivity index (χ4v) is 2.71. The molecule has 0 fully saturated rings. The summed E-state index contributed by atoms with van der Waals surface area (Å²) in [5, 5.41) is 9.01. The zero-order valence-corrected chi connectivity index (χ0v) is 13.0. The molecule has 0 aliphatic rings. The Hall–Kier alpha value is -2.73. The first-order valence-electron chi connectivity index (χ1n) is 6.99. The number of hydrogen-bond donors (Lipinski definition) is 1. The zero-order chi connectivity index (χ0) is 16.1. The lowest BCUT2D eigenvalue weighted by Crippen LogP contribution is -2.13. The normalized spacial score (nSPS) is 11.0. The predicted molar refractivity (Wildman–Crippen MR) is 89.7 cm³/mol. The SMILES string of the molecule is O=C(C=Cc1ccc(F)cc1)Nc1ccnn1Cc1cccs1. The highest BCUT2D eigenvalue weighted by molar-refractivity contribution is 7.09. The number of hydrogen-bond acceptors (Lipinski definition) is 3. The molecule has 2 aromatic heterocycles. The van der Waals surface area contributed by atoms with Gasteiger partial charge in [-0.25, -0.2) is 9.07 Å². The van der Waals surface area contributed by atoms with E-state index in [1.807, 2.05) is 17.5 Å². The second-order valence-corrected chi connectivity index (χ2v) is 5.86. The van der Waals surface area contributed by atoms with Crippen LogP contribution < -0.4 is 5.32 Å². The summed E-state index contributed by atoms with van der Waals surface area (Å²) in [5.41, 5.74) is 0.758. The number of amides is 1. The van der Waals surface area contributed by atoms with Crippen LogP contribution in [-0.2, 0) is 11.3 Å². The monoisotopic (exact) mass is 327 g/mol. The smallest absolute Gasteiger partial charge is 0.249 e. The number of carbonyl (C=O) groups excluding carboxylic acids is 1. The maximum absolute atomic E-state index is 12.8. The first-order chi connectivity index (χ1) is 11.2. The zero-order valence-electron chi connectivity index (χ0n) is 12.1. The Bertz CT molecular complexity index is 807. The number of nitrogens with one attached hydrogen (secondary N) is 1. The van der Waals surface area contributed by atoms with E-state index in [4.69, 9.17) is 0 Å². The van der Waals surface area contributed by atoms with Crippen molar-refractivity contribution >= 4 is 29.1 Å². The van der Waals surface area contributed by atoms with Crippen molar-refractivity contribution in [3.8, 4) is 0 Å². The van der Waals surface area contributed by atoms with Gasteiger partial charge in [-0.05, 0) is 35.2 Å². The first-order valence-corrected chi connectivity index (χ1v) is 7.87. The van der Waals surface area contributed by atoms with E-state index in [-0.39, 0.29) is 11.7 Å². The van der Waals surface area contributed by atoms with Gasteiger partial charge in [0.25, 0.3) is 0 Å². The van der Waals surface area contributed by atoms with Crippen molar-refractivity contribution in [2.75, 3.05) is 5.32 Å². The summed E-state index contributed by atoms with van der Waals surface area (Å²) in [7, 11) is 0. The van der Waals surface area contributed by atoms with Crippen LogP contribution in [0.15, 0.2) is 60.1 Å². The van der Waals surface area contributed by atoms with Crippen molar-refractivity contribution in [3.05, 3.63) is 76.4 Å². The molecule has 3 aromatic rings. The maximum Gasteiger partial charge on any atom is 0.249 e. The lowest BCUT2D eigenvalue weighted by atomic mass is 10.2. The number of halogens is 1. The van der Waals surface area contributed by atoms with Gasteiger partial charge in [-0.3, -0.25) is 4.79 Å². The molecule has 1 N–H and O–H groups in total. The third-order valence-corrected chi connectivity index (χ3v) is 4.01. The highest BCUT2D eigenvalue weighted by atomic mass is 32.1. The molecule has 0 bridgehead atoms. The van der Waals surface area contributed by atoms with Crippen LogP contribution in [0.1, 0.15) is 10.4 Å². The molecule has 1 amide bonds. The minimum atomic E-state index is -0.302. The van der Waals surface area contributed by atoms with Crippen LogP contribution in [0.25, 0.3) is 6.08 Å². The van der Waals surface area contributed by atoms with Gasteiger partial charge in [-0.15, -0.1) is 11.3 Å². The summed E-state index contributed by atoms with van der Waals surface area (Å²) < 4.78 is 14.6. The van der Waals surface area contributed by atoms with Crippen LogP contribution in [-0.4, -0.2) is 15.7 Å². The van der Waals surface area contributed by atoms with Crippen molar-refractivity contribution in [1.82, 2.24) is 9.78 Å². The van der Waals surface area contributed by atoms with Crippen LogP contribution >= 0.6 is 11.3 Å². The molecule has 0 aliphatic carbocycles. The Labute approximate surface area is 136 Å². The molecule has 6 heteroatoms. The van der Waals surface area contributed by atoms with E-state index in [9.17, 15) is 9.18 Å². The Morgan fingerprint density at radius 3 is 2.83 bits per heavy atom. The second kappa shape index (κ2) is 7.02. The minimum absolute atomic E-state index is 0.262. The van der Waals surface area contributed by atoms with Crippen LogP contribution in [0.2, 0.25) is 0 Å². The molecule has 116 valence electrons. The molecule has 3 rings (SSSR count). The van der Waals surface area contributed by atoms with Crippen LogP contribution in [0, 0.1) is 5.82 Å². The molecule has 0 unspecified atom stereocenters. The summed E-state index contributed by atoms with van der Waals surface area (Å²) >= 11 is 1.64. The van der Waals surface area contributed by atoms with Gasteiger partial charge in [0.15, 0.2) is 0 Å². The fraction of sp³-hybridized carbons (Fsp3) is 0.0588.